The fourth-order valence-electron chi connectivity index (χ4n) is 3.52. The van der Waals surface area contributed by atoms with E-state index in [4.69, 9.17) is 10.00 Å². The average molecular weight is 364 g/mol. The summed E-state index contributed by atoms with van der Waals surface area (Å²) in [4.78, 5) is 16.8. The number of hydrogen-bond acceptors (Lipinski definition) is 4. The number of likely N-dealkylation sites (tertiary alicyclic amines) is 1. The molecule has 0 aliphatic carbocycles. The molecule has 1 aliphatic heterocycles. The lowest BCUT2D eigenvalue weighted by Gasteiger charge is -2.25. The number of hydrogen-bond donors (Lipinski definition) is 1. The smallest absolute Gasteiger partial charge is 0.321 e. The number of carbonyl (C=O) groups excluding carboxylic acids is 1. The van der Waals surface area contributed by atoms with Crippen LogP contribution in [0, 0.1) is 11.3 Å². The second-order valence-corrected chi connectivity index (χ2v) is 6.94. The Hall–Kier alpha value is -3.04. The van der Waals surface area contributed by atoms with Gasteiger partial charge in [0, 0.05) is 30.7 Å². The summed E-state index contributed by atoms with van der Waals surface area (Å²) in [6, 6.07) is 17.2. The van der Waals surface area contributed by atoms with Crippen LogP contribution in [0.25, 0.3) is 0 Å². The van der Waals surface area contributed by atoms with Gasteiger partial charge in [0.15, 0.2) is 0 Å². The van der Waals surface area contributed by atoms with E-state index >= 15 is 0 Å². The number of methoxy groups -OCH3 is 1. The number of nitriles is 1. The highest BCUT2D eigenvalue weighted by Crippen LogP contribution is 2.31. The van der Waals surface area contributed by atoms with Crippen molar-refractivity contribution in [2.75, 3.05) is 39.6 Å². The molecular weight excluding hydrogens is 340 g/mol. The number of nitrogens with zero attached hydrogens (tertiary/aromatic N) is 3. The third-order valence-corrected chi connectivity index (χ3v) is 5.03. The quantitative estimate of drug-likeness (QED) is 0.905. The van der Waals surface area contributed by atoms with Gasteiger partial charge in [-0.25, -0.2) is 4.79 Å². The largest absolute Gasteiger partial charge is 0.497 e. The Morgan fingerprint density at radius 2 is 1.96 bits per heavy atom. The van der Waals surface area contributed by atoms with E-state index in [9.17, 15) is 4.79 Å². The van der Waals surface area contributed by atoms with Gasteiger partial charge in [-0.2, -0.15) is 5.26 Å². The molecule has 2 atom stereocenters. The zero-order valence-electron chi connectivity index (χ0n) is 15.8. The summed E-state index contributed by atoms with van der Waals surface area (Å²) >= 11 is 0. The lowest BCUT2D eigenvalue weighted by molar-refractivity contribution is 0.216. The maximum atomic E-state index is 12.8. The lowest BCUT2D eigenvalue weighted by Crippen LogP contribution is -2.37. The van der Waals surface area contributed by atoms with Crippen LogP contribution in [0.2, 0.25) is 0 Å². The van der Waals surface area contributed by atoms with Gasteiger partial charge in [-0.3, -0.25) is 0 Å². The van der Waals surface area contributed by atoms with Crippen LogP contribution in [-0.4, -0.2) is 56.2 Å². The molecule has 6 heteroatoms. The molecular formula is C21H24N4O2. The minimum Gasteiger partial charge on any atom is -0.497 e. The molecule has 2 aromatic carbocycles. The summed E-state index contributed by atoms with van der Waals surface area (Å²) < 4.78 is 5.24. The van der Waals surface area contributed by atoms with Crippen LogP contribution in [0.5, 0.6) is 5.75 Å². The van der Waals surface area contributed by atoms with Crippen molar-refractivity contribution in [2.45, 2.75) is 12.0 Å². The van der Waals surface area contributed by atoms with Crippen LogP contribution < -0.4 is 10.1 Å². The first-order valence-corrected chi connectivity index (χ1v) is 8.88. The molecule has 1 saturated heterocycles. The average Bonchev–Trinajstić information content (AvgIpc) is 3.14. The number of benzene rings is 2. The van der Waals surface area contributed by atoms with Crippen molar-refractivity contribution in [3.63, 3.8) is 0 Å². The van der Waals surface area contributed by atoms with Crippen LogP contribution >= 0.6 is 0 Å². The third-order valence-electron chi connectivity index (χ3n) is 5.03. The summed E-state index contributed by atoms with van der Waals surface area (Å²) in [6.07, 6.45) is 0. The molecule has 27 heavy (non-hydrogen) atoms. The van der Waals surface area contributed by atoms with E-state index in [1.54, 1.807) is 31.4 Å². The topological polar surface area (TPSA) is 68.6 Å². The molecule has 1 heterocycles. The number of urea groups is 1. The van der Waals surface area contributed by atoms with E-state index < -0.39 is 0 Å². The zero-order chi connectivity index (χ0) is 19.4. The molecule has 2 aromatic rings. The summed E-state index contributed by atoms with van der Waals surface area (Å²) in [5, 5.41) is 11.9. The van der Waals surface area contributed by atoms with Crippen molar-refractivity contribution in [3.05, 3.63) is 59.7 Å². The molecule has 0 unspecified atom stereocenters. The minimum atomic E-state index is -0.145. The highest BCUT2D eigenvalue weighted by molar-refractivity contribution is 5.89. The summed E-state index contributed by atoms with van der Waals surface area (Å²) in [5.74, 6) is 1.05. The SMILES string of the molecule is COc1ccc([C@@H]2CN(C(=O)Nc3cccc(C#N)c3)C[C@H]2N(C)C)cc1. The summed E-state index contributed by atoms with van der Waals surface area (Å²) in [7, 11) is 5.73. The number of likely N-dealkylation sites (N-methyl/N-ethyl adjacent to an activating group) is 1. The maximum absolute atomic E-state index is 12.8. The van der Waals surface area contributed by atoms with Crippen molar-refractivity contribution >= 4 is 11.7 Å². The second kappa shape index (κ2) is 8.11. The molecule has 1 N–H and O–H groups in total. The maximum Gasteiger partial charge on any atom is 0.321 e. The van der Waals surface area contributed by atoms with Crippen LogP contribution in [0.1, 0.15) is 17.0 Å². The standard InChI is InChI=1S/C21H24N4O2/c1-24(2)20-14-25(13-19(20)16-7-9-18(27-3)10-8-16)21(26)23-17-6-4-5-15(11-17)12-22/h4-11,19-20H,13-14H2,1-3H3,(H,23,26)/t19-,20+/m0/s1. The summed E-state index contributed by atoms with van der Waals surface area (Å²) in [5.41, 5.74) is 2.35. The predicted molar refractivity (Wildman–Crippen MR) is 105 cm³/mol. The fraction of sp³-hybridized carbons (Fsp3) is 0.333. The molecule has 0 radical (unpaired) electrons. The Labute approximate surface area is 160 Å². The third kappa shape index (κ3) is 4.21. The Kier molecular flexibility index (Phi) is 5.63. The number of carbonyl (C=O) groups is 1. The van der Waals surface area contributed by atoms with Gasteiger partial charge >= 0.3 is 6.03 Å². The monoisotopic (exact) mass is 364 g/mol. The summed E-state index contributed by atoms with van der Waals surface area (Å²) in [6.45, 7) is 1.28. The Morgan fingerprint density at radius 1 is 1.22 bits per heavy atom. The number of ether oxygens (including phenoxy) is 1. The first-order chi connectivity index (χ1) is 13.0. The molecule has 2 amide bonds. The van der Waals surface area contributed by atoms with Crippen molar-refractivity contribution in [3.8, 4) is 11.8 Å². The number of rotatable bonds is 4. The van der Waals surface area contributed by atoms with Crippen molar-refractivity contribution in [1.82, 2.24) is 9.80 Å². The van der Waals surface area contributed by atoms with Gasteiger partial charge in [0.25, 0.3) is 0 Å². The van der Waals surface area contributed by atoms with Crippen molar-refractivity contribution in [2.24, 2.45) is 0 Å². The highest BCUT2D eigenvalue weighted by atomic mass is 16.5. The molecule has 0 spiro atoms. The lowest BCUT2D eigenvalue weighted by atomic mass is 9.93. The molecule has 0 saturated carbocycles. The Balaban J connectivity index is 1.75. The van der Waals surface area contributed by atoms with E-state index in [1.807, 2.05) is 31.1 Å². The van der Waals surface area contributed by atoms with Crippen molar-refractivity contribution < 1.29 is 9.53 Å². The van der Waals surface area contributed by atoms with Crippen LogP contribution in [0.3, 0.4) is 0 Å². The van der Waals surface area contributed by atoms with Gasteiger partial charge in [0.2, 0.25) is 0 Å². The van der Waals surface area contributed by atoms with Crippen LogP contribution in [0.4, 0.5) is 10.5 Å². The van der Waals surface area contributed by atoms with Gasteiger partial charge in [0.05, 0.1) is 18.7 Å². The van der Waals surface area contributed by atoms with Crippen molar-refractivity contribution in [1.29, 1.82) is 5.26 Å². The molecule has 0 bridgehead atoms. The first kappa shape index (κ1) is 18.7. The van der Waals surface area contributed by atoms with Gasteiger partial charge in [-0.15, -0.1) is 0 Å². The molecule has 6 nitrogen and oxygen atoms in total. The number of anilines is 1. The highest BCUT2D eigenvalue weighted by Gasteiger charge is 2.37. The zero-order valence-corrected chi connectivity index (χ0v) is 15.8. The van der Waals surface area contributed by atoms with Crippen LogP contribution in [-0.2, 0) is 0 Å². The van der Waals surface area contributed by atoms with Gasteiger partial charge < -0.3 is 19.9 Å². The molecule has 3 rings (SSSR count). The molecule has 1 aliphatic rings. The number of amides is 2. The Morgan fingerprint density at radius 3 is 2.59 bits per heavy atom. The fourth-order valence-corrected chi connectivity index (χ4v) is 3.52. The van der Waals surface area contributed by atoms with Crippen LogP contribution in [0.15, 0.2) is 48.5 Å². The van der Waals surface area contributed by atoms with Gasteiger partial charge in [-0.1, -0.05) is 18.2 Å². The van der Waals surface area contributed by atoms with E-state index in [2.05, 4.69) is 28.4 Å². The van der Waals surface area contributed by atoms with Gasteiger partial charge in [0.1, 0.15) is 5.75 Å². The molecule has 140 valence electrons. The van der Waals surface area contributed by atoms with E-state index in [1.165, 1.54) is 5.56 Å². The second-order valence-electron chi connectivity index (χ2n) is 6.94. The van der Waals surface area contributed by atoms with E-state index in [-0.39, 0.29) is 18.0 Å². The van der Waals surface area contributed by atoms with E-state index in [0.29, 0.717) is 24.3 Å². The normalized spacial score (nSPS) is 19.0. The van der Waals surface area contributed by atoms with E-state index in [0.717, 1.165) is 5.75 Å². The van der Waals surface area contributed by atoms with Gasteiger partial charge in [-0.05, 0) is 50.0 Å². The predicted octanol–water partition coefficient (Wildman–Crippen LogP) is 3.13. The first-order valence-electron chi connectivity index (χ1n) is 8.88. The number of nitrogens with one attached hydrogen (secondary N) is 1. The molecule has 0 aromatic heterocycles. The minimum absolute atomic E-state index is 0.145. The molecule has 1 fully saturated rings. The Bertz CT molecular complexity index is 842.